The highest BCUT2D eigenvalue weighted by atomic mass is 16.5. The molecule has 0 aromatic carbocycles. The number of rotatable bonds is 4. The number of hydrogen-bond acceptors (Lipinski definition) is 5. The maximum Gasteiger partial charge on any atom is 0.256 e. The van der Waals surface area contributed by atoms with Crippen LogP contribution in [-0.4, -0.2) is 57.4 Å². The van der Waals surface area contributed by atoms with Crippen molar-refractivity contribution in [1.29, 1.82) is 0 Å². The third-order valence-electron chi connectivity index (χ3n) is 7.68. The lowest BCUT2D eigenvalue weighted by Gasteiger charge is -2.37. The molecule has 2 amide bonds. The topological polar surface area (TPSA) is 95.6 Å². The molecule has 8 heteroatoms. The Morgan fingerprint density at radius 2 is 1.84 bits per heavy atom. The molecule has 8 nitrogen and oxygen atoms in total. The first-order chi connectivity index (χ1) is 15.6. The molecule has 0 radical (unpaired) electrons. The average molecular weight is 443 g/mol. The first-order valence-electron chi connectivity index (χ1n) is 12.4. The highest BCUT2D eigenvalue weighted by Crippen LogP contribution is 2.32. The Kier molecular flexibility index (Phi) is 6.31. The molecule has 3 fully saturated rings. The molecule has 5 rings (SSSR count). The van der Waals surface area contributed by atoms with E-state index in [1.54, 1.807) is 0 Å². The van der Waals surface area contributed by atoms with Gasteiger partial charge in [-0.3, -0.25) is 14.4 Å². The van der Waals surface area contributed by atoms with Crippen LogP contribution >= 0.6 is 0 Å². The Hall–Kier alpha value is -2.22. The van der Waals surface area contributed by atoms with Crippen molar-refractivity contribution in [2.45, 2.75) is 89.3 Å². The lowest BCUT2D eigenvalue weighted by Crippen LogP contribution is -2.45. The molecular formula is C24H34N4O4. The molecule has 0 bridgehead atoms. The maximum atomic E-state index is 13.1. The number of carbonyl (C=O) groups excluding carboxylic acids is 2. The van der Waals surface area contributed by atoms with Crippen molar-refractivity contribution in [3.63, 3.8) is 0 Å². The van der Waals surface area contributed by atoms with E-state index in [2.05, 4.69) is 4.98 Å². The largest absolute Gasteiger partial charge is 0.368 e. The molecule has 1 saturated carbocycles. The van der Waals surface area contributed by atoms with Crippen LogP contribution < -0.4 is 5.56 Å². The fourth-order valence-electron chi connectivity index (χ4n) is 5.84. The van der Waals surface area contributed by atoms with Crippen LogP contribution in [0.25, 0.3) is 0 Å². The van der Waals surface area contributed by atoms with Crippen molar-refractivity contribution >= 4 is 11.8 Å². The van der Waals surface area contributed by atoms with Gasteiger partial charge in [0.15, 0.2) is 0 Å². The van der Waals surface area contributed by atoms with E-state index in [1.165, 1.54) is 12.8 Å². The zero-order valence-corrected chi connectivity index (χ0v) is 18.8. The highest BCUT2D eigenvalue weighted by molar-refractivity contribution is 5.81. The van der Waals surface area contributed by atoms with E-state index in [1.807, 2.05) is 9.80 Å². The summed E-state index contributed by atoms with van der Waals surface area (Å²) in [5, 5.41) is 0. The van der Waals surface area contributed by atoms with Gasteiger partial charge in [-0.15, -0.1) is 0 Å². The highest BCUT2D eigenvalue weighted by Gasteiger charge is 2.36. The molecule has 1 N–H and O–H groups in total. The standard InChI is InChI=1S/C24H34N4O4/c29-21(14-16-6-1-2-7-16)27-12-10-18-17(15-27)23(30)26-22(25-18)19-8-3-4-11-28(19)24(31)20-9-5-13-32-20/h16,19-20H,1-15H2,(H,25,26,30)/t19-,20+/m0/s1. The minimum absolute atomic E-state index is 0.0243. The minimum Gasteiger partial charge on any atom is -0.368 e. The van der Waals surface area contributed by atoms with Crippen LogP contribution in [0.1, 0.15) is 87.3 Å². The van der Waals surface area contributed by atoms with Crippen LogP contribution in [-0.2, 0) is 27.3 Å². The van der Waals surface area contributed by atoms with Crippen molar-refractivity contribution < 1.29 is 14.3 Å². The number of H-pyrrole nitrogens is 1. The molecule has 2 saturated heterocycles. The number of carbonyl (C=O) groups is 2. The zero-order chi connectivity index (χ0) is 22.1. The molecule has 4 heterocycles. The fraction of sp³-hybridized carbons (Fsp3) is 0.750. The summed E-state index contributed by atoms with van der Waals surface area (Å²) in [4.78, 5) is 50.3. The number of piperidine rings is 1. The van der Waals surface area contributed by atoms with Gasteiger partial charge >= 0.3 is 0 Å². The second kappa shape index (κ2) is 9.33. The van der Waals surface area contributed by atoms with Gasteiger partial charge in [-0.25, -0.2) is 4.98 Å². The van der Waals surface area contributed by atoms with E-state index in [-0.39, 0.29) is 29.5 Å². The van der Waals surface area contributed by atoms with Gasteiger partial charge in [0.2, 0.25) is 5.91 Å². The van der Waals surface area contributed by atoms with Crippen LogP contribution in [0, 0.1) is 5.92 Å². The van der Waals surface area contributed by atoms with E-state index in [9.17, 15) is 14.4 Å². The normalized spacial score (nSPS) is 26.4. The summed E-state index contributed by atoms with van der Waals surface area (Å²) in [5.41, 5.74) is 1.22. The predicted octanol–water partition coefficient (Wildman–Crippen LogP) is 2.47. The van der Waals surface area contributed by atoms with Gasteiger partial charge < -0.3 is 19.5 Å². The molecule has 0 unspecified atom stereocenters. The monoisotopic (exact) mass is 442 g/mol. The Balaban J connectivity index is 1.32. The van der Waals surface area contributed by atoms with Gasteiger partial charge in [-0.1, -0.05) is 12.8 Å². The quantitative estimate of drug-likeness (QED) is 0.773. The summed E-state index contributed by atoms with van der Waals surface area (Å²) in [6.45, 7) is 2.26. The maximum absolute atomic E-state index is 13.1. The summed E-state index contributed by atoms with van der Waals surface area (Å²) in [5.74, 6) is 1.27. The fourth-order valence-corrected chi connectivity index (χ4v) is 5.84. The van der Waals surface area contributed by atoms with E-state index in [0.717, 1.165) is 50.6 Å². The van der Waals surface area contributed by atoms with E-state index in [4.69, 9.17) is 9.72 Å². The number of nitrogens with one attached hydrogen (secondary N) is 1. The molecule has 1 aromatic rings. The minimum atomic E-state index is -0.362. The molecule has 4 aliphatic rings. The predicted molar refractivity (Wildman–Crippen MR) is 118 cm³/mol. The van der Waals surface area contributed by atoms with Gasteiger partial charge in [0.1, 0.15) is 11.9 Å². The summed E-state index contributed by atoms with van der Waals surface area (Å²) in [6.07, 6.45) is 10.0. The van der Waals surface area contributed by atoms with Gasteiger partial charge in [0.05, 0.1) is 23.8 Å². The van der Waals surface area contributed by atoms with Gasteiger partial charge in [-0.05, 0) is 50.9 Å². The van der Waals surface area contributed by atoms with Crippen molar-refractivity contribution in [2.24, 2.45) is 5.92 Å². The van der Waals surface area contributed by atoms with Crippen LogP contribution in [0.2, 0.25) is 0 Å². The summed E-state index contributed by atoms with van der Waals surface area (Å²) in [6, 6.07) is -0.208. The number of amides is 2. The summed E-state index contributed by atoms with van der Waals surface area (Å²) in [7, 11) is 0. The number of likely N-dealkylation sites (tertiary alicyclic amines) is 1. The van der Waals surface area contributed by atoms with Crippen molar-refractivity contribution in [2.75, 3.05) is 19.7 Å². The van der Waals surface area contributed by atoms with Gasteiger partial charge in [0, 0.05) is 32.5 Å². The molecule has 1 aromatic heterocycles. The number of aromatic amines is 1. The second-order valence-corrected chi connectivity index (χ2v) is 9.84. The molecule has 2 atom stereocenters. The average Bonchev–Trinajstić information content (AvgIpc) is 3.53. The number of nitrogens with zero attached hydrogens (tertiary/aromatic N) is 3. The lowest BCUT2D eigenvalue weighted by atomic mass is 9.98. The smallest absolute Gasteiger partial charge is 0.256 e. The first-order valence-corrected chi connectivity index (χ1v) is 12.4. The molecule has 1 aliphatic carbocycles. The van der Waals surface area contributed by atoms with Crippen molar-refractivity contribution in [1.82, 2.24) is 19.8 Å². The zero-order valence-electron chi connectivity index (χ0n) is 18.8. The van der Waals surface area contributed by atoms with Crippen LogP contribution in [0.5, 0.6) is 0 Å². The summed E-state index contributed by atoms with van der Waals surface area (Å²) < 4.78 is 5.63. The Bertz CT molecular complexity index is 917. The Morgan fingerprint density at radius 3 is 2.62 bits per heavy atom. The Morgan fingerprint density at radius 1 is 1.03 bits per heavy atom. The Labute approximate surface area is 188 Å². The number of fused-ring (bicyclic) bond motifs is 1. The molecule has 174 valence electrons. The van der Waals surface area contributed by atoms with E-state index >= 15 is 0 Å². The first kappa shape index (κ1) is 21.6. The number of hydrogen-bond donors (Lipinski definition) is 1. The summed E-state index contributed by atoms with van der Waals surface area (Å²) >= 11 is 0. The third kappa shape index (κ3) is 4.34. The number of aromatic nitrogens is 2. The molecule has 0 spiro atoms. The van der Waals surface area contributed by atoms with Crippen LogP contribution in [0.4, 0.5) is 0 Å². The third-order valence-corrected chi connectivity index (χ3v) is 7.68. The SMILES string of the molecule is O=C(CC1CCCC1)N1CCc2nc([C@@H]3CCCCN3C(=O)[C@H]3CCCO3)[nH]c(=O)c2C1. The lowest BCUT2D eigenvalue weighted by molar-refractivity contribution is -0.145. The van der Waals surface area contributed by atoms with E-state index < -0.39 is 0 Å². The van der Waals surface area contributed by atoms with Gasteiger partial charge in [-0.2, -0.15) is 0 Å². The van der Waals surface area contributed by atoms with Crippen molar-refractivity contribution in [3.8, 4) is 0 Å². The molecule has 3 aliphatic heterocycles. The molecular weight excluding hydrogens is 408 g/mol. The van der Waals surface area contributed by atoms with E-state index in [0.29, 0.717) is 56.4 Å². The second-order valence-electron chi connectivity index (χ2n) is 9.84. The van der Waals surface area contributed by atoms with Gasteiger partial charge in [0.25, 0.3) is 11.5 Å². The van der Waals surface area contributed by atoms with Crippen molar-refractivity contribution in [3.05, 3.63) is 27.4 Å². The van der Waals surface area contributed by atoms with Crippen LogP contribution in [0.3, 0.4) is 0 Å². The van der Waals surface area contributed by atoms with Crippen LogP contribution in [0.15, 0.2) is 4.79 Å². The molecule has 32 heavy (non-hydrogen) atoms. The number of ether oxygens (including phenoxy) is 1.